The highest BCUT2D eigenvalue weighted by Crippen LogP contribution is 2.24. The van der Waals surface area contributed by atoms with Crippen LogP contribution in [0.15, 0.2) is 34.9 Å². The highest BCUT2D eigenvalue weighted by Gasteiger charge is 2.25. The summed E-state index contributed by atoms with van der Waals surface area (Å²) < 4.78 is 10.6. The Kier molecular flexibility index (Phi) is 4.71. The predicted molar refractivity (Wildman–Crippen MR) is 93.8 cm³/mol. The van der Waals surface area contributed by atoms with Crippen molar-refractivity contribution in [2.45, 2.75) is 33.8 Å². The summed E-state index contributed by atoms with van der Waals surface area (Å²) in [5, 5.41) is 3.92. The molecule has 0 saturated heterocycles. The Morgan fingerprint density at radius 1 is 1.19 bits per heavy atom. The molecule has 3 aromatic rings. The van der Waals surface area contributed by atoms with Crippen molar-refractivity contribution in [3.05, 3.63) is 58.7 Å². The minimum atomic E-state index is -0.726. The molecule has 7 heteroatoms. The highest BCUT2D eigenvalue weighted by molar-refractivity contribution is 6.01. The summed E-state index contributed by atoms with van der Waals surface area (Å²) in [5.41, 5.74) is 2.78. The van der Waals surface area contributed by atoms with Crippen LogP contribution in [0.1, 0.15) is 57.9 Å². The summed E-state index contributed by atoms with van der Waals surface area (Å²) in [4.78, 5) is 31.4. The molecule has 1 atom stereocenters. The zero-order chi connectivity index (χ0) is 18.8. The number of aryl methyl sites for hydroxylation is 1. The molecule has 0 radical (unpaired) electrons. The van der Waals surface area contributed by atoms with E-state index in [9.17, 15) is 9.59 Å². The monoisotopic (exact) mass is 353 g/mol. The van der Waals surface area contributed by atoms with E-state index in [2.05, 4.69) is 15.1 Å². The molecular formula is C19H19N3O4. The van der Waals surface area contributed by atoms with Gasteiger partial charge in [0, 0.05) is 16.8 Å². The third-order valence-corrected chi connectivity index (χ3v) is 4.10. The number of ketones is 1. The Labute approximate surface area is 150 Å². The second-order valence-electron chi connectivity index (χ2n) is 6.05. The van der Waals surface area contributed by atoms with Gasteiger partial charge < -0.3 is 14.2 Å². The number of nitrogens with one attached hydrogen (secondary N) is 1. The molecule has 1 N–H and O–H groups in total. The van der Waals surface area contributed by atoms with E-state index in [1.54, 1.807) is 20.8 Å². The van der Waals surface area contributed by atoms with Gasteiger partial charge in [0.05, 0.1) is 0 Å². The smallest absolute Gasteiger partial charge is 0.355 e. The molecule has 134 valence electrons. The summed E-state index contributed by atoms with van der Waals surface area (Å²) in [6.07, 6.45) is -0.726. The SMILES string of the molecule is CC(=O)c1c(C)[nH]c(C(=O)OC(C)c2nc(-c3ccccc3)no2)c1C. The molecule has 3 rings (SSSR count). The van der Waals surface area contributed by atoms with Gasteiger partial charge in [-0.25, -0.2) is 4.79 Å². The summed E-state index contributed by atoms with van der Waals surface area (Å²) >= 11 is 0. The molecule has 2 heterocycles. The Morgan fingerprint density at radius 2 is 1.88 bits per heavy atom. The quantitative estimate of drug-likeness (QED) is 0.553. The Morgan fingerprint density at radius 3 is 2.50 bits per heavy atom. The summed E-state index contributed by atoms with van der Waals surface area (Å²) in [7, 11) is 0. The van der Waals surface area contributed by atoms with Crippen LogP contribution >= 0.6 is 0 Å². The van der Waals surface area contributed by atoms with Crippen LogP contribution in [0.3, 0.4) is 0 Å². The molecule has 0 aliphatic carbocycles. The second kappa shape index (κ2) is 6.95. The van der Waals surface area contributed by atoms with Crippen molar-refractivity contribution in [1.29, 1.82) is 0 Å². The molecule has 0 spiro atoms. The maximum absolute atomic E-state index is 12.5. The van der Waals surface area contributed by atoms with Gasteiger partial charge in [-0.1, -0.05) is 35.5 Å². The zero-order valence-corrected chi connectivity index (χ0v) is 15.0. The van der Waals surface area contributed by atoms with Gasteiger partial charge in [0.15, 0.2) is 11.9 Å². The minimum Gasteiger partial charge on any atom is -0.448 e. The number of nitrogens with zero attached hydrogens (tertiary/aromatic N) is 2. The van der Waals surface area contributed by atoms with Crippen molar-refractivity contribution >= 4 is 11.8 Å². The molecule has 0 saturated carbocycles. The molecule has 1 unspecified atom stereocenters. The average molecular weight is 353 g/mol. The van der Waals surface area contributed by atoms with Gasteiger partial charge >= 0.3 is 5.97 Å². The number of ether oxygens (including phenoxy) is 1. The van der Waals surface area contributed by atoms with Crippen molar-refractivity contribution in [3.8, 4) is 11.4 Å². The first-order valence-corrected chi connectivity index (χ1v) is 8.18. The van der Waals surface area contributed by atoms with Crippen LogP contribution in [0, 0.1) is 13.8 Å². The Balaban J connectivity index is 1.77. The van der Waals surface area contributed by atoms with Crippen LogP contribution in [0.4, 0.5) is 0 Å². The molecule has 0 amide bonds. The van der Waals surface area contributed by atoms with Crippen molar-refractivity contribution in [2.24, 2.45) is 0 Å². The van der Waals surface area contributed by atoms with Crippen molar-refractivity contribution in [2.75, 3.05) is 0 Å². The third-order valence-electron chi connectivity index (χ3n) is 4.10. The van der Waals surface area contributed by atoms with Gasteiger partial charge in [0.25, 0.3) is 5.89 Å². The van der Waals surface area contributed by atoms with Crippen LogP contribution in [-0.4, -0.2) is 26.9 Å². The van der Waals surface area contributed by atoms with E-state index in [4.69, 9.17) is 9.26 Å². The fourth-order valence-corrected chi connectivity index (χ4v) is 2.86. The molecule has 0 aliphatic heterocycles. The van der Waals surface area contributed by atoms with E-state index < -0.39 is 12.1 Å². The molecule has 0 bridgehead atoms. The first-order chi connectivity index (χ1) is 12.4. The predicted octanol–water partition coefficient (Wildman–Crippen LogP) is 3.80. The fourth-order valence-electron chi connectivity index (χ4n) is 2.86. The van der Waals surface area contributed by atoms with Gasteiger partial charge in [0.2, 0.25) is 5.82 Å². The molecule has 7 nitrogen and oxygen atoms in total. The normalized spacial score (nSPS) is 12.0. The van der Waals surface area contributed by atoms with Crippen LogP contribution in [0.2, 0.25) is 0 Å². The molecule has 0 fully saturated rings. The van der Waals surface area contributed by atoms with Gasteiger partial charge in [-0.2, -0.15) is 4.98 Å². The lowest BCUT2D eigenvalue weighted by atomic mass is 10.1. The first-order valence-electron chi connectivity index (χ1n) is 8.18. The van der Waals surface area contributed by atoms with Crippen LogP contribution < -0.4 is 0 Å². The number of carbonyl (C=O) groups is 2. The lowest BCUT2D eigenvalue weighted by Crippen LogP contribution is -2.11. The summed E-state index contributed by atoms with van der Waals surface area (Å²) in [6.45, 7) is 6.57. The number of H-pyrrole nitrogens is 1. The van der Waals surface area contributed by atoms with Crippen LogP contribution in [0.5, 0.6) is 0 Å². The third kappa shape index (κ3) is 3.28. The average Bonchev–Trinajstić information content (AvgIpc) is 3.20. The van der Waals surface area contributed by atoms with E-state index in [-0.39, 0.29) is 17.4 Å². The molecule has 1 aromatic carbocycles. The van der Waals surface area contributed by atoms with Crippen molar-refractivity contribution in [1.82, 2.24) is 15.1 Å². The van der Waals surface area contributed by atoms with Crippen molar-refractivity contribution < 1.29 is 18.8 Å². The summed E-state index contributed by atoms with van der Waals surface area (Å²) in [6, 6.07) is 9.36. The van der Waals surface area contributed by atoms with Crippen LogP contribution in [-0.2, 0) is 4.74 Å². The molecule has 0 aliphatic rings. The number of hydrogen-bond donors (Lipinski definition) is 1. The van der Waals surface area contributed by atoms with E-state index in [0.717, 1.165) is 5.56 Å². The number of benzene rings is 1. The second-order valence-corrected chi connectivity index (χ2v) is 6.05. The van der Waals surface area contributed by atoms with E-state index in [0.29, 0.717) is 22.6 Å². The number of carbonyl (C=O) groups excluding carboxylic acids is 2. The number of rotatable bonds is 5. The topological polar surface area (TPSA) is 98.1 Å². The standard InChI is InChI=1S/C19H19N3O4/c1-10-15(12(3)23)11(2)20-16(10)19(24)25-13(4)18-21-17(22-26-18)14-8-6-5-7-9-14/h5-9,13,20H,1-4H3. The van der Waals surface area contributed by atoms with Gasteiger partial charge in [-0.05, 0) is 33.3 Å². The maximum atomic E-state index is 12.5. The fraction of sp³-hybridized carbons (Fsp3) is 0.263. The van der Waals surface area contributed by atoms with Gasteiger partial charge in [-0.3, -0.25) is 4.79 Å². The largest absolute Gasteiger partial charge is 0.448 e. The number of aromatic nitrogens is 3. The number of esters is 1. The number of hydrogen-bond acceptors (Lipinski definition) is 6. The highest BCUT2D eigenvalue weighted by atomic mass is 16.6. The zero-order valence-electron chi connectivity index (χ0n) is 15.0. The van der Waals surface area contributed by atoms with E-state index >= 15 is 0 Å². The van der Waals surface area contributed by atoms with Crippen LogP contribution in [0.25, 0.3) is 11.4 Å². The van der Waals surface area contributed by atoms with E-state index in [1.165, 1.54) is 6.92 Å². The number of aromatic amines is 1. The van der Waals surface area contributed by atoms with E-state index in [1.807, 2.05) is 30.3 Å². The Hall–Kier alpha value is -3.22. The first kappa shape index (κ1) is 17.6. The summed E-state index contributed by atoms with van der Waals surface area (Å²) in [5.74, 6) is -0.0583. The van der Waals surface area contributed by atoms with Crippen molar-refractivity contribution in [3.63, 3.8) is 0 Å². The molecule has 2 aromatic heterocycles. The number of Topliss-reactive ketones (excluding diaryl/α,β-unsaturated/α-hetero) is 1. The lowest BCUT2D eigenvalue weighted by molar-refractivity contribution is 0.0258. The molecular weight excluding hydrogens is 334 g/mol. The Bertz CT molecular complexity index is 957. The molecule has 26 heavy (non-hydrogen) atoms. The lowest BCUT2D eigenvalue weighted by Gasteiger charge is -2.08. The van der Waals surface area contributed by atoms with Gasteiger partial charge in [0.1, 0.15) is 5.69 Å². The van der Waals surface area contributed by atoms with Gasteiger partial charge in [-0.15, -0.1) is 0 Å². The maximum Gasteiger partial charge on any atom is 0.355 e. The minimum absolute atomic E-state index is 0.104.